The van der Waals surface area contributed by atoms with Crippen LogP contribution in [0.1, 0.15) is 37.7 Å². The summed E-state index contributed by atoms with van der Waals surface area (Å²) < 4.78 is 12.3. The summed E-state index contributed by atoms with van der Waals surface area (Å²) in [6.07, 6.45) is 8.88. The van der Waals surface area contributed by atoms with Gasteiger partial charge < -0.3 is 34.8 Å². The van der Waals surface area contributed by atoms with Crippen LogP contribution in [0.15, 0.2) is 61.3 Å². The van der Waals surface area contributed by atoms with Crippen LogP contribution in [-0.2, 0) is 4.79 Å². The van der Waals surface area contributed by atoms with Gasteiger partial charge in [0.1, 0.15) is 11.5 Å². The quantitative estimate of drug-likeness (QED) is 0.259. The number of aryl methyl sites for hydroxylation is 1. The molecule has 0 bridgehead atoms. The Kier molecular flexibility index (Phi) is 9.72. The van der Waals surface area contributed by atoms with Crippen LogP contribution >= 0.6 is 0 Å². The summed E-state index contributed by atoms with van der Waals surface area (Å²) in [5.74, 6) is 2.58. The average Bonchev–Trinajstić information content (AvgIpc) is 3.03. The Balaban J connectivity index is 1.39. The van der Waals surface area contributed by atoms with E-state index in [0.29, 0.717) is 23.2 Å². The third kappa shape index (κ3) is 7.40. The lowest BCUT2D eigenvalue weighted by atomic mass is 10.0. The molecule has 5 rings (SSSR count). The molecule has 0 radical (unpaired) electrons. The summed E-state index contributed by atoms with van der Waals surface area (Å²) in [7, 11) is 6.03. The molecule has 2 N–H and O–H groups in total. The first kappa shape index (κ1) is 30.2. The van der Waals surface area contributed by atoms with Crippen molar-refractivity contribution in [1.29, 1.82) is 0 Å². The lowest BCUT2D eigenvalue weighted by Gasteiger charge is -2.36. The molecule has 2 fully saturated rings. The molecule has 2 aliphatic heterocycles. The number of hydrogen-bond acceptors (Lipinski definition) is 8. The Morgan fingerprint density at radius 1 is 0.977 bits per heavy atom. The van der Waals surface area contributed by atoms with E-state index in [-0.39, 0.29) is 5.91 Å². The molecule has 3 heterocycles. The number of nitrogens with one attached hydrogen (secondary N) is 2. The number of anilines is 5. The average molecular weight is 585 g/mol. The van der Waals surface area contributed by atoms with E-state index in [0.717, 1.165) is 80.4 Å². The molecule has 2 aliphatic rings. The maximum absolute atomic E-state index is 12.0. The number of pyridine rings is 1. The van der Waals surface area contributed by atoms with Crippen LogP contribution in [0.3, 0.4) is 0 Å². The first-order valence-corrected chi connectivity index (χ1v) is 15.2. The second-order valence-corrected chi connectivity index (χ2v) is 11.6. The topological polar surface area (TPSA) is 82.2 Å². The molecule has 0 aliphatic carbocycles. The summed E-state index contributed by atoms with van der Waals surface area (Å²) >= 11 is 0. The van der Waals surface area contributed by atoms with Crippen molar-refractivity contribution in [3.8, 4) is 17.2 Å². The summed E-state index contributed by atoms with van der Waals surface area (Å²) in [6.45, 7) is 9.43. The summed E-state index contributed by atoms with van der Waals surface area (Å²) in [4.78, 5) is 23.9. The third-order valence-corrected chi connectivity index (χ3v) is 8.39. The molecule has 1 aromatic heterocycles. The highest BCUT2D eigenvalue weighted by atomic mass is 16.5. The third-order valence-electron chi connectivity index (χ3n) is 8.39. The van der Waals surface area contributed by atoms with E-state index in [1.807, 2.05) is 37.4 Å². The van der Waals surface area contributed by atoms with Crippen LogP contribution < -0.4 is 29.9 Å². The first-order valence-electron chi connectivity index (χ1n) is 15.2. The van der Waals surface area contributed by atoms with Crippen LogP contribution in [0, 0.1) is 6.92 Å². The number of rotatable bonds is 10. The molecule has 0 atom stereocenters. The normalized spacial score (nSPS) is 15.7. The van der Waals surface area contributed by atoms with E-state index in [2.05, 4.69) is 64.2 Å². The fourth-order valence-electron chi connectivity index (χ4n) is 5.81. The van der Waals surface area contributed by atoms with Gasteiger partial charge in [-0.25, -0.2) is 4.98 Å². The van der Waals surface area contributed by atoms with Gasteiger partial charge in [0.15, 0.2) is 11.6 Å². The molecule has 9 nitrogen and oxygen atoms in total. The SMILES string of the molecule is C=CC(=O)Nc1cc(Oc2cc(Nc3ccc(N4CCC(N(C)C)CC4)cc3OC)cnc2N2CCCCC2)ccc1C. The minimum absolute atomic E-state index is 0.264. The molecule has 0 spiro atoms. The predicted molar refractivity (Wildman–Crippen MR) is 176 cm³/mol. The predicted octanol–water partition coefficient (Wildman–Crippen LogP) is 6.58. The summed E-state index contributed by atoms with van der Waals surface area (Å²) in [6, 6.07) is 14.6. The van der Waals surface area contributed by atoms with Crippen molar-refractivity contribution in [2.24, 2.45) is 0 Å². The van der Waals surface area contributed by atoms with E-state index >= 15 is 0 Å². The number of piperidine rings is 2. The smallest absolute Gasteiger partial charge is 0.247 e. The van der Waals surface area contributed by atoms with Crippen molar-refractivity contribution in [3.63, 3.8) is 0 Å². The highest BCUT2D eigenvalue weighted by molar-refractivity contribution is 5.99. The van der Waals surface area contributed by atoms with Gasteiger partial charge in [0, 0.05) is 61.8 Å². The molecular formula is C34H44N6O3. The maximum atomic E-state index is 12.0. The molecule has 0 unspecified atom stereocenters. The number of nitrogens with zero attached hydrogens (tertiary/aromatic N) is 4. The number of hydrogen-bond donors (Lipinski definition) is 2. The van der Waals surface area contributed by atoms with Crippen molar-refractivity contribution in [3.05, 3.63) is 66.9 Å². The van der Waals surface area contributed by atoms with E-state index in [1.165, 1.54) is 18.2 Å². The molecule has 228 valence electrons. The molecule has 2 saturated heterocycles. The fourth-order valence-corrected chi connectivity index (χ4v) is 5.81. The molecule has 1 amide bonds. The van der Waals surface area contributed by atoms with Crippen LogP contribution in [-0.4, -0.2) is 69.2 Å². The molecular weight excluding hydrogens is 540 g/mol. The van der Waals surface area contributed by atoms with Crippen LogP contribution in [0.5, 0.6) is 17.2 Å². The number of benzene rings is 2. The number of carbonyl (C=O) groups excluding carboxylic acids is 1. The van der Waals surface area contributed by atoms with Crippen molar-refractivity contribution in [1.82, 2.24) is 9.88 Å². The lowest BCUT2D eigenvalue weighted by molar-refractivity contribution is -0.111. The number of aromatic nitrogens is 1. The van der Waals surface area contributed by atoms with Gasteiger partial charge in [0.05, 0.1) is 24.7 Å². The largest absolute Gasteiger partial charge is 0.494 e. The maximum Gasteiger partial charge on any atom is 0.247 e. The van der Waals surface area contributed by atoms with Gasteiger partial charge in [-0.3, -0.25) is 4.79 Å². The molecule has 9 heteroatoms. The second kappa shape index (κ2) is 13.8. The second-order valence-electron chi connectivity index (χ2n) is 11.6. The fraction of sp³-hybridized carbons (Fsp3) is 0.412. The van der Waals surface area contributed by atoms with E-state index in [9.17, 15) is 4.79 Å². The molecule has 3 aromatic rings. The molecule has 43 heavy (non-hydrogen) atoms. The van der Waals surface area contributed by atoms with Gasteiger partial charge in [-0.05, 0) is 83.0 Å². The number of ether oxygens (including phenoxy) is 2. The number of carbonyl (C=O) groups is 1. The van der Waals surface area contributed by atoms with Crippen LogP contribution in [0.4, 0.5) is 28.6 Å². The summed E-state index contributed by atoms with van der Waals surface area (Å²) in [5.41, 5.74) is 4.43. The highest BCUT2D eigenvalue weighted by Gasteiger charge is 2.22. The van der Waals surface area contributed by atoms with Crippen molar-refractivity contribution in [2.75, 3.05) is 67.8 Å². The van der Waals surface area contributed by atoms with E-state index < -0.39 is 0 Å². The van der Waals surface area contributed by atoms with E-state index in [4.69, 9.17) is 14.5 Å². The minimum atomic E-state index is -0.264. The molecule has 2 aromatic carbocycles. The van der Waals surface area contributed by atoms with E-state index in [1.54, 1.807) is 7.11 Å². The highest BCUT2D eigenvalue weighted by Crippen LogP contribution is 2.38. The standard InChI is InChI=1S/C34H44N6O3/c1-6-33(41)37-30-22-28(12-10-24(30)2)43-32-20-25(23-35-34(32)40-16-8-7-9-17-40)36-29-13-11-27(21-31(29)42-5)39-18-14-26(15-19-39)38(3)4/h6,10-13,20-23,26,36H,1,7-9,14-19H2,2-5H3,(H,37,41). The van der Waals surface area contributed by atoms with Crippen molar-refractivity contribution >= 4 is 34.5 Å². The number of methoxy groups -OCH3 is 1. The van der Waals surface area contributed by atoms with Crippen molar-refractivity contribution in [2.45, 2.75) is 45.1 Å². The van der Waals surface area contributed by atoms with Crippen LogP contribution in [0.2, 0.25) is 0 Å². The molecule has 0 saturated carbocycles. The zero-order valence-electron chi connectivity index (χ0n) is 25.9. The Labute approximate surface area is 255 Å². The first-order chi connectivity index (χ1) is 20.8. The zero-order chi connectivity index (χ0) is 30.3. The monoisotopic (exact) mass is 584 g/mol. The zero-order valence-corrected chi connectivity index (χ0v) is 25.9. The van der Waals surface area contributed by atoms with Gasteiger partial charge in [0.2, 0.25) is 5.91 Å². The Bertz CT molecular complexity index is 1430. The van der Waals surface area contributed by atoms with Gasteiger partial charge in [0.25, 0.3) is 0 Å². The van der Waals surface area contributed by atoms with Gasteiger partial charge in [-0.15, -0.1) is 0 Å². The van der Waals surface area contributed by atoms with Crippen molar-refractivity contribution < 1.29 is 14.3 Å². The Morgan fingerprint density at radius 2 is 1.74 bits per heavy atom. The van der Waals surface area contributed by atoms with Gasteiger partial charge >= 0.3 is 0 Å². The van der Waals surface area contributed by atoms with Crippen LogP contribution in [0.25, 0.3) is 0 Å². The van der Waals surface area contributed by atoms with Gasteiger partial charge in [-0.1, -0.05) is 12.6 Å². The minimum Gasteiger partial charge on any atom is -0.494 e. The Hall–Kier alpha value is -4.24. The van der Waals surface area contributed by atoms with Gasteiger partial charge in [-0.2, -0.15) is 0 Å². The summed E-state index contributed by atoms with van der Waals surface area (Å²) in [5, 5.41) is 6.37. The lowest BCUT2D eigenvalue weighted by Crippen LogP contribution is -2.41. The Morgan fingerprint density at radius 3 is 2.44 bits per heavy atom. The number of amides is 1.